The maximum atomic E-state index is 14.2. The van der Waals surface area contributed by atoms with Crippen LogP contribution in [-0.4, -0.2) is 47.3 Å². The van der Waals surface area contributed by atoms with Crippen molar-refractivity contribution >= 4 is 34.4 Å². The molecule has 0 unspecified atom stereocenters. The molecule has 1 saturated heterocycles. The van der Waals surface area contributed by atoms with E-state index in [1.165, 1.54) is 10.6 Å². The van der Waals surface area contributed by atoms with Gasteiger partial charge in [-0.1, -0.05) is 30.3 Å². The van der Waals surface area contributed by atoms with Gasteiger partial charge in [-0.05, 0) is 42.7 Å². The molecule has 9 nitrogen and oxygen atoms in total. The number of amides is 3. The second kappa shape index (κ2) is 14.0. The fourth-order valence-corrected chi connectivity index (χ4v) is 5.67. The number of primary amides is 1. The van der Waals surface area contributed by atoms with Crippen LogP contribution in [0.2, 0.25) is 0 Å². The molecule has 5 rings (SSSR count). The van der Waals surface area contributed by atoms with Crippen molar-refractivity contribution in [1.82, 2.24) is 15.2 Å². The van der Waals surface area contributed by atoms with E-state index >= 15 is 0 Å². The lowest BCUT2D eigenvalue weighted by Gasteiger charge is -2.26. The van der Waals surface area contributed by atoms with Crippen molar-refractivity contribution in [3.8, 4) is 5.75 Å². The third-order valence-electron chi connectivity index (χ3n) is 8.14. The summed E-state index contributed by atoms with van der Waals surface area (Å²) in [5, 5.41) is 5.55. The topological polar surface area (TPSA) is 133 Å². The summed E-state index contributed by atoms with van der Waals surface area (Å²) in [5.74, 6) is -13.1. The summed E-state index contributed by atoms with van der Waals surface area (Å²) in [7, 11) is 0. The molecule has 0 aliphatic carbocycles. The number of alkyl halides is 3. The zero-order valence-corrected chi connectivity index (χ0v) is 25.3. The number of aromatic nitrogens is 1. The van der Waals surface area contributed by atoms with Crippen LogP contribution in [0.15, 0.2) is 60.7 Å². The number of para-hydroxylation sites is 1. The Balaban J connectivity index is 1.51. The van der Waals surface area contributed by atoms with Crippen molar-refractivity contribution in [3.05, 3.63) is 101 Å². The van der Waals surface area contributed by atoms with E-state index in [0.29, 0.717) is 10.9 Å². The molecule has 3 amide bonds. The van der Waals surface area contributed by atoms with E-state index in [-0.39, 0.29) is 43.1 Å². The van der Waals surface area contributed by atoms with Gasteiger partial charge in [0.15, 0.2) is 23.2 Å². The van der Waals surface area contributed by atoms with Crippen molar-refractivity contribution < 1.29 is 54.6 Å². The summed E-state index contributed by atoms with van der Waals surface area (Å²) in [4.78, 5) is 52.6. The van der Waals surface area contributed by atoms with Gasteiger partial charge in [-0.2, -0.15) is 22.0 Å². The minimum Gasteiger partial charge on any atom is -0.479 e. The normalized spacial score (nSPS) is 15.9. The SMILES string of the molecule is NC(=O)c1cc2ccccc2n1[C@@H](Cc1ccc(C(F)(F)F)cc1)C(=O)N[C@@H](C[C@@H]1CCNC1=O)C(=O)COc1c(F)c(F)cc(F)c1F. The lowest BCUT2D eigenvalue weighted by molar-refractivity contribution is -0.137. The van der Waals surface area contributed by atoms with Crippen LogP contribution in [0.4, 0.5) is 30.7 Å². The molecule has 0 spiro atoms. The van der Waals surface area contributed by atoms with E-state index in [1.807, 2.05) is 0 Å². The first kappa shape index (κ1) is 34.9. The van der Waals surface area contributed by atoms with Crippen molar-refractivity contribution in [2.75, 3.05) is 13.2 Å². The van der Waals surface area contributed by atoms with E-state index in [9.17, 15) is 49.9 Å². The predicted molar refractivity (Wildman–Crippen MR) is 159 cm³/mol. The second-order valence-electron chi connectivity index (χ2n) is 11.4. The molecule has 4 aromatic rings. The summed E-state index contributed by atoms with van der Waals surface area (Å²) in [6, 6.07) is 8.68. The molecule has 1 fully saturated rings. The molecule has 3 atom stereocenters. The molecule has 16 heteroatoms. The van der Waals surface area contributed by atoms with Crippen LogP contribution in [0, 0.1) is 29.2 Å². The fourth-order valence-electron chi connectivity index (χ4n) is 5.67. The van der Waals surface area contributed by atoms with Gasteiger partial charge >= 0.3 is 6.18 Å². The van der Waals surface area contributed by atoms with Crippen LogP contribution in [0.3, 0.4) is 0 Å². The third-order valence-corrected chi connectivity index (χ3v) is 8.14. The highest BCUT2D eigenvalue weighted by Gasteiger charge is 2.36. The molecule has 0 bridgehead atoms. The molecule has 0 radical (unpaired) electrons. The highest BCUT2D eigenvalue weighted by molar-refractivity contribution is 6.00. The maximum absolute atomic E-state index is 14.2. The summed E-state index contributed by atoms with van der Waals surface area (Å²) in [5.41, 5.74) is 5.11. The Labute approximate surface area is 273 Å². The zero-order chi connectivity index (χ0) is 35.6. The third kappa shape index (κ3) is 7.52. The number of nitrogens with zero attached hydrogens (tertiary/aromatic N) is 1. The van der Waals surface area contributed by atoms with Crippen LogP contribution in [-0.2, 0) is 27.0 Å². The van der Waals surface area contributed by atoms with E-state index in [2.05, 4.69) is 10.6 Å². The van der Waals surface area contributed by atoms with Gasteiger partial charge in [-0.25, -0.2) is 8.78 Å². The Kier molecular flexibility index (Phi) is 9.96. The molecular formula is C33H27F7N4O5. The van der Waals surface area contributed by atoms with Gasteiger partial charge in [0.2, 0.25) is 23.4 Å². The van der Waals surface area contributed by atoms with Crippen LogP contribution in [0.1, 0.15) is 40.5 Å². The van der Waals surface area contributed by atoms with Gasteiger partial charge in [-0.15, -0.1) is 0 Å². The smallest absolute Gasteiger partial charge is 0.416 e. The molecule has 49 heavy (non-hydrogen) atoms. The standard InChI is InChI=1S/C33H27F7N4O5/c34-20-14-21(35)28(37)29(27(20)36)49-15-26(45)22(12-18-9-10-42-31(18)47)43-32(48)25(11-16-5-7-19(8-6-16)33(38,39)40)44-23-4-2-1-3-17(23)13-24(44)30(41)46/h1-8,13-14,18,22,25H,9-12,15H2,(H2,41,46)(H,42,47)(H,43,48)/t18-,22-,25-/m0/s1. The molecule has 258 valence electrons. The van der Waals surface area contributed by atoms with Crippen molar-refractivity contribution in [2.45, 2.75) is 37.5 Å². The predicted octanol–water partition coefficient (Wildman–Crippen LogP) is 4.76. The van der Waals surface area contributed by atoms with Crippen LogP contribution >= 0.6 is 0 Å². The number of benzene rings is 3. The molecule has 2 heterocycles. The minimum atomic E-state index is -4.64. The van der Waals surface area contributed by atoms with E-state index in [1.54, 1.807) is 24.3 Å². The highest BCUT2D eigenvalue weighted by Crippen LogP contribution is 2.32. The van der Waals surface area contributed by atoms with E-state index in [0.717, 1.165) is 24.3 Å². The van der Waals surface area contributed by atoms with Crippen molar-refractivity contribution in [3.63, 3.8) is 0 Å². The molecule has 3 aromatic carbocycles. The summed E-state index contributed by atoms with van der Waals surface area (Å²) in [6.45, 7) is -0.944. The second-order valence-corrected chi connectivity index (χ2v) is 11.4. The Morgan fingerprint density at radius 3 is 2.22 bits per heavy atom. The summed E-state index contributed by atoms with van der Waals surface area (Å²) >= 11 is 0. The Morgan fingerprint density at radius 2 is 1.63 bits per heavy atom. The number of halogens is 7. The lowest BCUT2D eigenvalue weighted by Crippen LogP contribution is -2.48. The number of hydrogen-bond donors (Lipinski definition) is 3. The first-order valence-electron chi connectivity index (χ1n) is 14.8. The molecular weight excluding hydrogens is 665 g/mol. The van der Waals surface area contributed by atoms with Gasteiger partial charge in [0, 0.05) is 35.9 Å². The Morgan fingerprint density at radius 1 is 0.980 bits per heavy atom. The van der Waals surface area contributed by atoms with Crippen LogP contribution < -0.4 is 21.1 Å². The number of carbonyl (C=O) groups excluding carboxylic acids is 4. The average molecular weight is 693 g/mol. The minimum absolute atomic E-state index is 0.0524. The first-order chi connectivity index (χ1) is 23.1. The van der Waals surface area contributed by atoms with E-state index in [4.69, 9.17) is 10.5 Å². The Bertz CT molecular complexity index is 1900. The maximum Gasteiger partial charge on any atom is 0.416 e. The van der Waals surface area contributed by atoms with Crippen molar-refractivity contribution in [2.24, 2.45) is 11.7 Å². The van der Waals surface area contributed by atoms with Gasteiger partial charge in [0.05, 0.1) is 11.6 Å². The number of nitrogens with one attached hydrogen (secondary N) is 2. The largest absolute Gasteiger partial charge is 0.479 e. The monoisotopic (exact) mass is 692 g/mol. The quantitative estimate of drug-likeness (QED) is 0.146. The van der Waals surface area contributed by atoms with Crippen LogP contribution in [0.25, 0.3) is 10.9 Å². The molecule has 0 saturated carbocycles. The summed E-state index contributed by atoms with van der Waals surface area (Å²) in [6.07, 6.45) is -5.04. The number of nitrogens with two attached hydrogens (primary N) is 1. The number of rotatable bonds is 12. The number of carbonyl (C=O) groups is 4. The first-order valence-corrected chi connectivity index (χ1v) is 14.8. The van der Waals surface area contributed by atoms with Gasteiger partial charge < -0.3 is 25.7 Å². The van der Waals surface area contributed by atoms with Crippen molar-refractivity contribution in [1.29, 1.82) is 0 Å². The van der Waals surface area contributed by atoms with Gasteiger partial charge in [0.1, 0.15) is 18.3 Å². The molecule has 1 aliphatic heterocycles. The molecule has 1 aliphatic rings. The number of ketones is 1. The number of Topliss-reactive ketones (excluding diaryl/α,β-unsaturated/α-hetero) is 1. The Hall–Kier alpha value is -5.41. The number of ether oxygens (including phenoxy) is 1. The molecule has 1 aromatic heterocycles. The highest BCUT2D eigenvalue weighted by atomic mass is 19.4. The number of hydrogen-bond acceptors (Lipinski definition) is 5. The lowest BCUT2D eigenvalue weighted by atomic mass is 9.95. The van der Waals surface area contributed by atoms with E-state index < -0.39 is 88.9 Å². The fraction of sp³-hybridized carbons (Fsp3) is 0.273. The zero-order valence-electron chi connectivity index (χ0n) is 25.3. The van der Waals surface area contributed by atoms with Crippen LogP contribution in [0.5, 0.6) is 5.75 Å². The van der Waals surface area contributed by atoms with Gasteiger partial charge in [-0.3, -0.25) is 19.2 Å². The number of fused-ring (bicyclic) bond motifs is 1. The summed E-state index contributed by atoms with van der Waals surface area (Å²) < 4.78 is 102. The van der Waals surface area contributed by atoms with Gasteiger partial charge in [0.25, 0.3) is 5.91 Å². The average Bonchev–Trinajstić information content (AvgIpc) is 3.65. The molecule has 4 N–H and O–H groups in total.